The lowest BCUT2D eigenvalue weighted by Crippen LogP contribution is -2.42. The average Bonchev–Trinajstić information content (AvgIpc) is 3.27. The van der Waals surface area contributed by atoms with Crippen LogP contribution in [0.5, 0.6) is 11.5 Å². The second kappa shape index (κ2) is 8.62. The van der Waals surface area contributed by atoms with Gasteiger partial charge in [0.2, 0.25) is 5.91 Å². The van der Waals surface area contributed by atoms with Gasteiger partial charge in [-0.05, 0) is 70.5 Å². The summed E-state index contributed by atoms with van der Waals surface area (Å²) in [4.78, 5) is 14.9. The maximum Gasteiger partial charge on any atom is 0.236 e. The quantitative estimate of drug-likeness (QED) is 0.578. The third-order valence-electron chi connectivity index (χ3n) is 6.16. The Kier molecular flexibility index (Phi) is 6.10. The van der Waals surface area contributed by atoms with Gasteiger partial charge in [0.25, 0.3) is 0 Å². The number of anilines is 1. The molecular formula is C27H31NO5S. The zero-order valence-electron chi connectivity index (χ0n) is 20.2. The van der Waals surface area contributed by atoms with Crippen LogP contribution < -0.4 is 14.4 Å². The van der Waals surface area contributed by atoms with Gasteiger partial charge in [-0.2, -0.15) is 0 Å². The molecule has 180 valence electrons. The van der Waals surface area contributed by atoms with E-state index in [1.807, 2.05) is 34.6 Å². The van der Waals surface area contributed by atoms with Gasteiger partial charge in [-0.15, -0.1) is 0 Å². The minimum atomic E-state index is -3.89. The van der Waals surface area contributed by atoms with E-state index in [0.29, 0.717) is 29.3 Å². The Hall–Kier alpha value is -3.06. The fraction of sp³-hybridized carbons (Fsp3) is 0.370. The van der Waals surface area contributed by atoms with Crippen LogP contribution in [0.25, 0.3) is 0 Å². The van der Waals surface area contributed by atoms with Crippen LogP contribution in [0, 0.1) is 5.41 Å². The van der Waals surface area contributed by atoms with Crippen LogP contribution in [0.4, 0.5) is 5.69 Å². The first-order valence-electron chi connectivity index (χ1n) is 11.5. The first-order chi connectivity index (χ1) is 16.0. The number of sulfone groups is 1. The van der Waals surface area contributed by atoms with Gasteiger partial charge >= 0.3 is 0 Å². The van der Waals surface area contributed by atoms with E-state index in [2.05, 4.69) is 0 Å². The zero-order valence-corrected chi connectivity index (χ0v) is 21.1. The zero-order chi connectivity index (χ0) is 24.7. The van der Waals surface area contributed by atoms with Crippen molar-refractivity contribution in [1.29, 1.82) is 0 Å². The van der Waals surface area contributed by atoms with Crippen molar-refractivity contribution in [3.8, 4) is 11.5 Å². The minimum Gasteiger partial charge on any atom is -0.491 e. The second-order valence-corrected chi connectivity index (χ2v) is 11.7. The van der Waals surface area contributed by atoms with Crippen molar-refractivity contribution in [2.45, 2.75) is 50.4 Å². The second-order valence-electron chi connectivity index (χ2n) is 9.56. The summed E-state index contributed by atoms with van der Waals surface area (Å²) in [5.74, 6) is 0.978. The molecule has 0 bridgehead atoms. The number of carbonyl (C=O) groups is 1. The maximum atomic E-state index is 14.0. The van der Waals surface area contributed by atoms with Crippen LogP contribution >= 0.6 is 0 Å². The minimum absolute atomic E-state index is 0.0218. The molecule has 0 saturated carbocycles. The number of rotatable bonds is 6. The standard InChI is InChI=1S/C27H31NO5S/c1-6-28-23-13-12-20(16-24(23)32-18-26(4,5)25(28)29)27(14-7-8-15-27)34(30,31)22-11-9-10-21(17-22)33-19(2)3/h7-17,19H,6,18H2,1-5H3. The molecule has 0 spiro atoms. The van der Waals surface area contributed by atoms with E-state index in [4.69, 9.17) is 9.47 Å². The Morgan fingerprint density at radius 1 is 1.09 bits per heavy atom. The van der Waals surface area contributed by atoms with Crippen LogP contribution in [-0.4, -0.2) is 33.6 Å². The first kappa shape index (κ1) is 24.1. The molecule has 0 atom stereocenters. The molecule has 0 aromatic heterocycles. The van der Waals surface area contributed by atoms with Crippen molar-refractivity contribution in [2.24, 2.45) is 5.41 Å². The summed E-state index contributed by atoms with van der Waals surface area (Å²) < 4.78 is 38.5. The van der Waals surface area contributed by atoms with Crippen LogP contribution in [0.2, 0.25) is 0 Å². The molecule has 0 N–H and O–H groups in total. The highest BCUT2D eigenvalue weighted by molar-refractivity contribution is 7.92. The smallest absolute Gasteiger partial charge is 0.236 e. The van der Waals surface area contributed by atoms with Gasteiger partial charge in [-0.25, -0.2) is 8.42 Å². The summed E-state index contributed by atoms with van der Waals surface area (Å²) in [6.45, 7) is 10.1. The third kappa shape index (κ3) is 3.92. The first-order valence-corrected chi connectivity index (χ1v) is 13.0. The topological polar surface area (TPSA) is 72.9 Å². The monoisotopic (exact) mass is 481 g/mol. The molecule has 34 heavy (non-hydrogen) atoms. The van der Waals surface area contributed by atoms with Crippen LogP contribution in [0.15, 0.2) is 71.7 Å². The summed E-state index contributed by atoms with van der Waals surface area (Å²) >= 11 is 0. The lowest BCUT2D eigenvalue weighted by atomic mass is 9.93. The van der Waals surface area contributed by atoms with Crippen molar-refractivity contribution in [3.05, 3.63) is 72.3 Å². The average molecular weight is 482 g/mol. The number of benzene rings is 2. The Morgan fingerprint density at radius 2 is 1.79 bits per heavy atom. The van der Waals surface area contributed by atoms with E-state index >= 15 is 0 Å². The van der Waals surface area contributed by atoms with Gasteiger partial charge in [0.05, 0.1) is 22.1 Å². The highest BCUT2D eigenvalue weighted by Crippen LogP contribution is 2.45. The molecule has 1 amide bonds. The van der Waals surface area contributed by atoms with Crippen LogP contribution in [0.1, 0.15) is 40.2 Å². The molecule has 7 heteroatoms. The van der Waals surface area contributed by atoms with Crippen molar-refractivity contribution in [2.75, 3.05) is 18.1 Å². The largest absolute Gasteiger partial charge is 0.491 e. The molecule has 6 nitrogen and oxygen atoms in total. The molecule has 0 radical (unpaired) electrons. The van der Waals surface area contributed by atoms with Crippen molar-refractivity contribution in [3.63, 3.8) is 0 Å². The molecule has 2 aromatic rings. The molecule has 0 fully saturated rings. The number of ether oxygens (including phenoxy) is 2. The number of carbonyl (C=O) groups excluding carboxylic acids is 1. The Bertz CT molecular complexity index is 1260. The maximum absolute atomic E-state index is 14.0. The molecule has 0 unspecified atom stereocenters. The Balaban J connectivity index is 1.83. The van der Waals surface area contributed by atoms with Crippen molar-refractivity contribution >= 4 is 21.4 Å². The van der Waals surface area contributed by atoms with E-state index < -0.39 is 20.0 Å². The van der Waals surface area contributed by atoms with E-state index in [1.54, 1.807) is 71.7 Å². The third-order valence-corrected chi connectivity index (χ3v) is 8.43. The van der Waals surface area contributed by atoms with Crippen LogP contribution in [-0.2, 0) is 19.4 Å². The number of fused-ring (bicyclic) bond motifs is 1. The fourth-order valence-corrected chi connectivity index (χ4v) is 6.24. The summed E-state index contributed by atoms with van der Waals surface area (Å²) in [5.41, 5.74) is 0.505. The molecule has 1 aliphatic carbocycles. The highest BCUT2D eigenvalue weighted by atomic mass is 32.2. The van der Waals surface area contributed by atoms with Gasteiger partial charge in [0.1, 0.15) is 22.9 Å². The van der Waals surface area contributed by atoms with E-state index in [0.717, 1.165) is 0 Å². The van der Waals surface area contributed by atoms with Gasteiger partial charge in [0.15, 0.2) is 9.84 Å². The normalized spacial score (nSPS) is 18.5. The molecule has 0 saturated heterocycles. The summed E-state index contributed by atoms with van der Waals surface area (Å²) in [6, 6.07) is 11.9. The predicted octanol–water partition coefficient (Wildman–Crippen LogP) is 5.04. The number of hydrogen-bond donors (Lipinski definition) is 0. The number of amides is 1. The summed E-state index contributed by atoms with van der Waals surface area (Å²) in [5, 5.41) is 0. The molecule has 2 aliphatic rings. The molecular weight excluding hydrogens is 450 g/mol. The fourth-order valence-electron chi connectivity index (χ4n) is 4.37. The lowest BCUT2D eigenvalue weighted by molar-refractivity contribution is -0.127. The summed E-state index contributed by atoms with van der Waals surface area (Å²) in [6.07, 6.45) is 6.77. The SMILES string of the molecule is CCN1C(=O)C(C)(C)COc2cc(C3(S(=O)(=O)c4cccc(OC(C)C)c4)C=CC=C3)ccc21. The van der Waals surface area contributed by atoms with Gasteiger partial charge in [0, 0.05) is 6.54 Å². The molecule has 1 heterocycles. The van der Waals surface area contributed by atoms with Crippen molar-refractivity contribution in [1.82, 2.24) is 0 Å². The van der Waals surface area contributed by atoms with E-state index in [-0.39, 0.29) is 23.5 Å². The Labute approximate surface area is 201 Å². The van der Waals surface area contributed by atoms with Gasteiger partial charge < -0.3 is 14.4 Å². The number of nitrogens with zero attached hydrogens (tertiary/aromatic N) is 1. The number of allylic oxidation sites excluding steroid dienone is 2. The van der Waals surface area contributed by atoms with E-state index in [1.165, 1.54) is 0 Å². The lowest BCUT2D eigenvalue weighted by Gasteiger charge is -2.29. The van der Waals surface area contributed by atoms with Crippen molar-refractivity contribution < 1.29 is 22.7 Å². The number of hydrogen-bond acceptors (Lipinski definition) is 5. The molecule has 4 rings (SSSR count). The predicted molar refractivity (Wildman–Crippen MR) is 133 cm³/mol. The van der Waals surface area contributed by atoms with Gasteiger partial charge in [-0.1, -0.05) is 36.4 Å². The summed E-state index contributed by atoms with van der Waals surface area (Å²) in [7, 11) is -3.89. The van der Waals surface area contributed by atoms with Crippen LogP contribution in [0.3, 0.4) is 0 Å². The molecule has 1 aliphatic heterocycles. The Morgan fingerprint density at radius 3 is 2.44 bits per heavy atom. The van der Waals surface area contributed by atoms with Gasteiger partial charge in [-0.3, -0.25) is 4.79 Å². The van der Waals surface area contributed by atoms with E-state index in [9.17, 15) is 13.2 Å². The molecule has 2 aromatic carbocycles. The highest BCUT2D eigenvalue weighted by Gasteiger charge is 2.45.